The van der Waals surface area contributed by atoms with Crippen LogP contribution in [-0.4, -0.2) is 31.2 Å². The first-order chi connectivity index (χ1) is 7.27. The third-order valence-electron chi connectivity index (χ3n) is 2.92. The Morgan fingerprint density at radius 2 is 2.06 bits per heavy atom. The zero-order chi connectivity index (χ0) is 10.7. The first-order valence-electron chi connectivity index (χ1n) is 5.33. The standard InChI is InChI=1S/C11H16BrN3.ClH/c1-15(9-5-7-13-8-6-9)11-4-2-3-10(12)14-11;/h2-4,9,13H,5-8H2,1H3;1H. The number of aromatic nitrogens is 1. The Bertz CT molecular complexity index is 329. The van der Waals surface area contributed by atoms with Gasteiger partial charge < -0.3 is 10.2 Å². The van der Waals surface area contributed by atoms with E-state index in [0.717, 1.165) is 23.5 Å². The molecule has 1 aliphatic heterocycles. The summed E-state index contributed by atoms with van der Waals surface area (Å²) >= 11 is 3.40. The molecular weight excluding hydrogens is 289 g/mol. The number of hydrogen-bond donors (Lipinski definition) is 1. The number of nitrogens with one attached hydrogen (secondary N) is 1. The van der Waals surface area contributed by atoms with Gasteiger partial charge in [0.15, 0.2) is 0 Å². The summed E-state index contributed by atoms with van der Waals surface area (Å²) in [5.41, 5.74) is 0. The number of pyridine rings is 1. The molecule has 0 aromatic carbocycles. The van der Waals surface area contributed by atoms with Crippen molar-refractivity contribution in [2.24, 2.45) is 0 Å². The van der Waals surface area contributed by atoms with E-state index in [2.05, 4.69) is 44.2 Å². The highest BCUT2D eigenvalue weighted by molar-refractivity contribution is 9.10. The van der Waals surface area contributed by atoms with Crippen LogP contribution < -0.4 is 10.2 Å². The van der Waals surface area contributed by atoms with E-state index in [1.54, 1.807) is 0 Å². The second kappa shape index (κ2) is 6.42. The van der Waals surface area contributed by atoms with Crippen LogP contribution in [0.5, 0.6) is 0 Å². The van der Waals surface area contributed by atoms with Crippen LogP contribution in [0, 0.1) is 0 Å². The highest BCUT2D eigenvalue weighted by Crippen LogP contribution is 2.19. The summed E-state index contributed by atoms with van der Waals surface area (Å²) < 4.78 is 0.904. The van der Waals surface area contributed by atoms with Crippen molar-refractivity contribution in [3.8, 4) is 0 Å². The zero-order valence-electron chi connectivity index (χ0n) is 9.32. The molecule has 0 saturated carbocycles. The Balaban J connectivity index is 0.00000128. The summed E-state index contributed by atoms with van der Waals surface area (Å²) in [6.45, 7) is 2.23. The number of nitrogens with zero attached hydrogens (tertiary/aromatic N) is 2. The lowest BCUT2D eigenvalue weighted by Crippen LogP contribution is -2.41. The summed E-state index contributed by atoms with van der Waals surface area (Å²) in [7, 11) is 2.13. The zero-order valence-corrected chi connectivity index (χ0v) is 11.7. The van der Waals surface area contributed by atoms with Crippen molar-refractivity contribution >= 4 is 34.2 Å². The predicted molar refractivity (Wildman–Crippen MR) is 73.5 cm³/mol. The van der Waals surface area contributed by atoms with Gasteiger partial charge in [0.05, 0.1) is 0 Å². The molecule has 0 spiro atoms. The normalized spacial score (nSPS) is 16.6. The topological polar surface area (TPSA) is 28.2 Å². The first-order valence-corrected chi connectivity index (χ1v) is 6.13. The maximum atomic E-state index is 4.47. The molecule has 3 nitrogen and oxygen atoms in total. The van der Waals surface area contributed by atoms with Crippen LogP contribution in [0.3, 0.4) is 0 Å². The van der Waals surface area contributed by atoms with Crippen molar-refractivity contribution in [3.05, 3.63) is 22.8 Å². The fourth-order valence-corrected chi connectivity index (χ4v) is 2.31. The van der Waals surface area contributed by atoms with Gasteiger partial charge in [0, 0.05) is 13.1 Å². The largest absolute Gasteiger partial charge is 0.357 e. The molecule has 1 aromatic rings. The highest BCUT2D eigenvalue weighted by Gasteiger charge is 2.18. The lowest BCUT2D eigenvalue weighted by Gasteiger charge is -2.32. The first kappa shape index (κ1) is 13.7. The maximum absolute atomic E-state index is 4.47. The molecular formula is C11H17BrClN3. The SMILES string of the molecule is CN(c1cccc(Br)n1)C1CCNCC1.Cl. The third kappa shape index (κ3) is 3.34. The molecule has 1 N–H and O–H groups in total. The van der Waals surface area contributed by atoms with Gasteiger partial charge in [0.2, 0.25) is 0 Å². The number of anilines is 1. The van der Waals surface area contributed by atoms with E-state index < -0.39 is 0 Å². The molecule has 2 heterocycles. The minimum absolute atomic E-state index is 0. The Kier molecular flexibility index (Phi) is 5.52. The van der Waals surface area contributed by atoms with Crippen molar-refractivity contribution in [2.45, 2.75) is 18.9 Å². The van der Waals surface area contributed by atoms with Gasteiger partial charge in [-0.15, -0.1) is 12.4 Å². The van der Waals surface area contributed by atoms with Crippen LogP contribution >= 0.6 is 28.3 Å². The molecule has 90 valence electrons. The lowest BCUT2D eigenvalue weighted by molar-refractivity contribution is 0.441. The Morgan fingerprint density at radius 1 is 1.38 bits per heavy atom. The molecule has 5 heteroatoms. The van der Waals surface area contributed by atoms with Crippen molar-refractivity contribution in [2.75, 3.05) is 25.0 Å². The summed E-state index contributed by atoms with van der Waals surface area (Å²) in [5.74, 6) is 1.05. The number of hydrogen-bond acceptors (Lipinski definition) is 3. The van der Waals surface area contributed by atoms with E-state index in [-0.39, 0.29) is 12.4 Å². The molecule has 0 atom stereocenters. The van der Waals surface area contributed by atoms with E-state index in [4.69, 9.17) is 0 Å². The van der Waals surface area contributed by atoms with Crippen molar-refractivity contribution in [1.29, 1.82) is 0 Å². The summed E-state index contributed by atoms with van der Waals surface area (Å²) in [4.78, 5) is 6.75. The van der Waals surface area contributed by atoms with Gasteiger partial charge in [-0.1, -0.05) is 6.07 Å². The van der Waals surface area contributed by atoms with E-state index >= 15 is 0 Å². The number of piperidine rings is 1. The smallest absolute Gasteiger partial charge is 0.129 e. The average molecular weight is 307 g/mol. The summed E-state index contributed by atoms with van der Waals surface area (Å²) in [6.07, 6.45) is 2.40. The minimum atomic E-state index is 0. The van der Waals surface area contributed by atoms with Gasteiger partial charge in [-0.05, 0) is 54.0 Å². The van der Waals surface area contributed by atoms with Crippen LogP contribution in [0.4, 0.5) is 5.82 Å². The second-order valence-corrected chi connectivity index (χ2v) is 4.72. The summed E-state index contributed by atoms with van der Waals surface area (Å²) in [5, 5.41) is 3.38. The van der Waals surface area contributed by atoms with Crippen LogP contribution in [0.25, 0.3) is 0 Å². The monoisotopic (exact) mass is 305 g/mol. The predicted octanol–water partition coefficient (Wildman–Crippen LogP) is 2.45. The molecule has 1 fully saturated rings. The van der Waals surface area contributed by atoms with Gasteiger partial charge in [-0.2, -0.15) is 0 Å². The van der Waals surface area contributed by atoms with Crippen LogP contribution in [0.2, 0.25) is 0 Å². The second-order valence-electron chi connectivity index (χ2n) is 3.91. The van der Waals surface area contributed by atoms with Gasteiger partial charge >= 0.3 is 0 Å². The summed E-state index contributed by atoms with van der Waals surface area (Å²) in [6, 6.07) is 6.67. The van der Waals surface area contributed by atoms with Crippen molar-refractivity contribution in [3.63, 3.8) is 0 Å². The molecule has 16 heavy (non-hydrogen) atoms. The number of halogens is 2. The van der Waals surface area contributed by atoms with E-state index in [1.807, 2.05) is 12.1 Å². The molecule has 0 unspecified atom stereocenters. The van der Waals surface area contributed by atoms with E-state index in [9.17, 15) is 0 Å². The molecule has 1 saturated heterocycles. The van der Waals surface area contributed by atoms with Crippen LogP contribution in [-0.2, 0) is 0 Å². The van der Waals surface area contributed by atoms with E-state index in [0.29, 0.717) is 6.04 Å². The van der Waals surface area contributed by atoms with Crippen molar-refractivity contribution < 1.29 is 0 Å². The minimum Gasteiger partial charge on any atom is -0.357 e. The quantitative estimate of drug-likeness (QED) is 0.851. The van der Waals surface area contributed by atoms with Gasteiger partial charge in [0.1, 0.15) is 10.4 Å². The Labute approximate surface area is 111 Å². The molecule has 0 amide bonds. The highest BCUT2D eigenvalue weighted by atomic mass is 79.9. The molecule has 2 rings (SSSR count). The Morgan fingerprint density at radius 3 is 2.69 bits per heavy atom. The van der Waals surface area contributed by atoms with Crippen LogP contribution in [0.1, 0.15) is 12.8 Å². The van der Waals surface area contributed by atoms with Gasteiger partial charge in [-0.3, -0.25) is 0 Å². The molecule has 0 radical (unpaired) electrons. The van der Waals surface area contributed by atoms with Gasteiger partial charge in [0.25, 0.3) is 0 Å². The fraction of sp³-hybridized carbons (Fsp3) is 0.545. The van der Waals surface area contributed by atoms with Gasteiger partial charge in [-0.25, -0.2) is 4.98 Å². The average Bonchev–Trinajstić information content (AvgIpc) is 2.29. The van der Waals surface area contributed by atoms with E-state index in [1.165, 1.54) is 12.8 Å². The Hall–Kier alpha value is -0.320. The van der Waals surface area contributed by atoms with Crippen LogP contribution in [0.15, 0.2) is 22.8 Å². The molecule has 0 bridgehead atoms. The number of rotatable bonds is 2. The third-order valence-corrected chi connectivity index (χ3v) is 3.36. The molecule has 1 aliphatic rings. The van der Waals surface area contributed by atoms with Crippen molar-refractivity contribution in [1.82, 2.24) is 10.3 Å². The lowest BCUT2D eigenvalue weighted by atomic mass is 10.1. The fourth-order valence-electron chi connectivity index (χ4n) is 1.98. The molecule has 1 aromatic heterocycles. The molecule has 0 aliphatic carbocycles. The maximum Gasteiger partial charge on any atom is 0.129 e.